The van der Waals surface area contributed by atoms with Gasteiger partial charge < -0.3 is 14.4 Å². The van der Waals surface area contributed by atoms with Gasteiger partial charge in [0.05, 0.1) is 18.8 Å². The molecule has 0 N–H and O–H groups in total. The van der Waals surface area contributed by atoms with Gasteiger partial charge in [0.2, 0.25) is 0 Å². The van der Waals surface area contributed by atoms with Gasteiger partial charge in [-0.3, -0.25) is 0 Å². The summed E-state index contributed by atoms with van der Waals surface area (Å²) in [5.74, 6) is -0.873. The van der Waals surface area contributed by atoms with Crippen LogP contribution >= 0.6 is 0 Å². The molecule has 0 radical (unpaired) electrons. The molecule has 0 bridgehead atoms. The van der Waals surface area contributed by atoms with Crippen molar-refractivity contribution in [3.8, 4) is 0 Å². The van der Waals surface area contributed by atoms with Crippen LogP contribution in [0.2, 0.25) is 0 Å². The standard InChI is InChI=1S/C18H23NO4/c1-5-22-17(20)15(14-10-8-7-9-11-14)12-13-16(19(3)4)18(21)23-6-2/h7-13H,5-6H2,1-4H3. The molecular formula is C18H23NO4. The van der Waals surface area contributed by atoms with Gasteiger partial charge in [-0.1, -0.05) is 30.3 Å². The summed E-state index contributed by atoms with van der Waals surface area (Å²) in [5, 5.41) is 0. The molecule has 124 valence electrons. The Kier molecular flexibility index (Phi) is 7.60. The van der Waals surface area contributed by atoms with Crippen molar-refractivity contribution >= 4 is 17.5 Å². The summed E-state index contributed by atoms with van der Waals surface area (Å²) in [4.78, 5) is 25.8. The minimum Gasteiger partial charge on any atom is -0.462 e. The fourth-order valence-electron chi connectivity index (χ4n) is 1.88. The van der Waals surface area contributed by atoms with Crippen LogP contribution < -0.4 is 0 Å². The largest absolute Gasteiger partial charge is 0.462 e. The van der Waals surface area contributed by atoms with Crippen molar-refractivity contribution in [3.63, 3.8) is 0 Å². The molecule has 0 aliphatic rings. The van der Waals surface area contributed by atoms with Gasteiger partial charge in [0.25, 0.3) is 0 Å². The summed E-state index contributed by atoms with van der Waals surface area (Å²) < 4.78 is 10.1. The van der Waals surface area contributed by atoms with E-state index in [1.807, 2.05) is 30.3 Å². The number of benzene rings is 1. The van der Waals surface area contributed by atoms with E-state index in [1.54, 1.807) is 45.0 Å². The summed E-state index contributed by atoms with van der Waals surface area (Å²) in [6.45, 7) is 4.07. The second-order valence-electron chi connectivity index (χ2n) is 4.83. The van der Waals surface area contributed by atoms with Crippen molar-refractivity contribution in [1.82, 2.24) is 4.90 Å². The molecule has 5 nitrogen and oxygen atoms in total. The smallest absolute Gasteiger partial charge is 0.354 e. The Labute approximate surface area is 137 Å². The Morgan fingerprint density at radius 1 is 0.957 bits per heavy atom. The van der Waals surface area contributed by atoms with Crippen molar-refractivity contribution in [3.05, 3.63) is 53.7 Å². The van der Waals surface area contributed by atoms with Gasteiger partial charge in [0.15, 0.2) is 0 Å². The van der Waals surface area contributed by atoms with E-state index in [4.69, 9.17) is 9.47 Å². The molecule has 0 saturated carbocycles. The van der Waals surface area contributed by atoms with E-state index in [-0.39, 0.29) is 13.2 Å². The fourth-order valence-corrected chi connectivity index (χ4v) is 1.88. The average molecular weight is 317 g/mol. The summed E-state index contributed by atoms with van der Waals surface area (Å²) in [6, 6.07) is 9.17. The zero-order chi connectivity index (χ0) is 17.2. The summed E-state index contributed by atoms with van der Waals surface area (Å²) in [5.41, 5.74) is 1.46. The summed E-state index contributed by atoms with van der Waals surface area (Å²) in [7, 11) is 3.48. The van der Waals surface area contributed by atoms with Crippen LogP contribution in [0.3, 0.4) is 0 Å². The number of likely N-dealkylation sites (N-methyl/N-ethyl adjacent to an activating group) is 1. The quantitative estimate of drug-likeness (QED) is 0.439. The van der Waals surface area contributed by atoms with E-state index < -0.39 is 11.9 Å². The number of hydrogen-bond acceptors (Lipinski definition) is 5. The van der Waals surface area contributed by atoms with Crippen LogP contribution in [0.15, 0.2) is 48.2 Å². The van der Waals surface area contributed by atoms with Crippen molar-refractivity contribution in [2.24, 2.45) is 0 Å². The molecule has 5 heteroatoms. The topological polar surface area (TPSA) is 55.8 Å². The number of carbonyl (C=O) groups excluding carboxylic acids is 2. The maximum absolute atomic E-state index is 12.2. The van der Waals surface area contributed by atoms with E-state index >= 15 is 0 Å². The Hall–Kier alpha value is -2.56. The predicted octanol–water partition coefficient (Wildman–Crippen LogP) is 2.64. The molecule has 0 aliphatic heterocycles. The number of nitrogens with zero attached hydrogens (tertiary/aromatic N) is 1. The van der Waals surface area contributed by atoms with Crippen molar-refractivity contribution in [1.29, 1.82) is 0 Å². The number of esters is 2. The molecule has 0 aromatic heterocycles. The Balaban J connectivity index is 3.23. The van der Waals surface area contributed by atoms with Crippen LogP contribution in [0.1, 0.15) is 19.4 Å². The molecule has 0 aliphatic carbocycles. The molecule has 0 heterocycles. The SMILES string of the molecule is CCOC(=O)C(=CC=C(C(=O)OCC)N(C)C)c1ccccc1. The van der Waals surface area contributed by atoms with Gasteiger partial charge in [-0.25, -0.2) is 9.59 Å². The zero-order valence-corrected chi connectivity index (χ0v) is 14.0. The first-order chi connectivity index (χ1) is 11.0. The van der Waals surface area contributed by atoms with Crippen molar-refractivity contribution < 1.29 is 19.1 Å². The first-order valence-corrected chi connectivity index (χ1v) is 7.50. The predicted molar refractivity (Wildman–Crippen MR) is 89.5 cm³/mol. The number of hydrogen-bond donors (Lipinski definition) is 0. The molecule has 0 amide bonds. The Morgan fingerprint density at radius 3 is 2.04 bits per heavy atom. The van der Waals surface area contributed by atoms with Gasteiger partial charge in [0, 0.05) is 14.1 Å². The lowest BCUT2D eigenvalue weighted by Gasteiger charge is -2.15. The molecule has 1 rings (SSSR count). The number of allylic oxidation sites excluding steroid dienone is 2. The minimum absolute atomic E-state index is 0.283. The van der Waals surface area contributed by atoms with Crippen molar-refractivity contribution in [2.45, 2.75) is 13.8 Å². The van der Waals surface area contributed by atoms with Gasteiger partial charge in [0.1, 0.15) is 5.70 Å². The van der Waals surface area contributed by atoms with E-state index in [0.29, 0.717) is 11.3 Å². The van der Waals surface area contributed by atoms with Gasteiger partial charge in [-0.05, 0) is 31.6 Å². The normalized spacial score (nSPS) is 11.8. The lowest BCUT2D eigenvalue weighted by Crippen LogP contribution is -2.21. The number of carbonyl (C=O) groups is 2. The van der Waals surface area contributed by atoms with Crippen LogP contribution in [0.25, 0.3) is 5.57 Å². The number of ether oxygens (including phenoxy) is 2. The Morgan fingerprint density at radius 2 is 1.52 bits per heavy atom. The highest BCUT2D eigenvalue weighted by Gasteiger charge is 2.15. The third-order valence-electron chi connectivity index (χ3n) is 2.95. The molecule has 0 saturated heterocycles. The first kappa shape index (κ1) is 18.5. The third-order valence-corrected chi connectivity index (χ3v) is 2.95. The fraction of sp³-hybridized carbons (Fsp3) is 0.333. The average Bonchev–Trinajstić information content (AvgIpc) is 2.52. The van der Waals surface area contributed by atoms with Crippen molar-refractivity contribution in [2.75, 3.05) is 27.3 Å². The van der Waals surface area contributed by atoms with Crippen LogP contribution in [-0.4, -0.2) is 44.1 Å². The lowest BCUT2D eigenvalue weighted by molar-refractivity contribution is -0.140. The molecule has 0 atom stereocenters. The van der Waals surface area contributed by atoms with Crippen LogP contribution in [0.4, 0.5) is 0 Å². The molecule has 23 heavy (non-hydrogen) atoms. The second-order valence-corrected chi connectivity index (χ2v) is 4.83. The second kappa shape index (κ2) is 9.46. The van der Waals surface area contributed by atoms with Gasteiger partial charge >= 0.3 is 11.9 Å². The molecule has 1 aromatic carbocycles. The minimum atomic E-state index is -0.440. The van der Waals surface area contributed by atoms with Crippen LogP contribution in [-0.2, 0) is 19.1 Å². The Bertz CT molecular complexity index is 588. The summed E-state index contributed by atoms with van der Waals surface area (Å²) in [6.07, 6.45) is 3.15. The van der Waals surface area contributed by atoms with Gasteiger partial charge in [-0.2, -0.15) is 0 Å². The first-order valence-electron chi connectivity index (χ1n) is 7.50. The van der Waals surface area contributed by atoms with Crippen LogP contribution in [0, 0.1) is 0 Å². The molecule has 1 aromatic rings. The lowest BCUT2D eigenvalue weighted by atomic mass is 10.1. The zero-order valence-electron chi connectivity index (χ0n) is 14.0. The maximum Gasteiger partial charge on any atom is 0.354 e. The monoisotopic (exact) mass is 317 g/mol. The third kappa shape index (κ3) is 5.62. The molecule has 0 unspecified atom stereocenters. The molecular weight excluding hydrogens is 294 g/mol. The van der Waals surface area contributed by atoms with E-state index in [2.05, 4.69) is 0 Å². The molecule has 0 spiro atoms. The molecule has 0 fully saturated rings. The van der Waals surface area contributed by atoms with Crippen LogP contribution in [0.5, 0.6) is 0 Å². The highest BCUT2D eigenvalue weighted by atomic mass is 16.5. The highest BCUT2D eigenvalue weighted by molar-refractivity contribution is 6.17. The highest BCUT2D eigenvalue weighted by Crippen LogP contribution is 2.17. The van der Waals surface area contributed by atoms with E-state index in [1.165, 1.54) is 0 Å². The van der Waals surface area contributed by atoms with E-state index in [9.17, 15) is 9.59 Å². The number of rotatable bonds is 7. The van der Waals surface area contributed by atoms with E-state index in [0.717, 1.165) is 5.56 Å². The summed E-state index contributed by atoms with van der Waals surface area (Å²) >= 11 is 0. The van der Waals surface area contributed by atoms with Gasteiger partial charge in [-0.15, -0.1) is 0 Å². The maximum atomic E-state index is 12.2.